The van der Waals surface area contributed by atoms with E-state index in [1.54, 1.807) is 0 Å². The normalized spacial score (nSPS) is 12.1. The molecule has 90 valence electrons. The standard InChI is InChI=1S/C13H20BrNO/c1-13(2,10-16)15(3)9-8-11-4-6-12(14)7-5-11/h4-7,16H,8-10H2,1-3H3. The molecule has 1 rings (SSSR count). The number of hydrogen-bond acceptors (Lipinski definition) is 2. The van der Waals surface area contributed by atoms with Crippen LogP contribution in [0.1, 0.15) is 19.4 Å². The third-order valence-electron chi connectivity index (χ3n) is 3.07. The first-order valence-electron chi connectivity index (χ1n) is 5.52. The van der Waals surface area contributed by atoms with Gasteiger partial charge in [0.05, 0.1) is 6.61 Å². The van der Waals surface area contributed by atoms with Gasteiger partial charge in [0.15, 0.2) is 0 Å². The summed E-state index contributed by atoms with van der Waals surface area (Å²) in [5.41, 5.74) is 1.18. The lowest BCUT2D eigenvalue weighted by atomic mass is 10.0. The maximum Gasteiger partial charge on any atom is 0.0609 e. The molecule has 0 spiro atoms. The SMILES string of the molecule is CN(CCc1ccc(Br)cc1)C(C)(C)CO. The van der Waals surface area contributed by atoms with Crippen molar-refractivity contribution < 1.29 is 5.11 Å². The molecule has 0 unspecified atom stereocenters. The van der Waals surface area contributed by atoms with E-state index in [-0.39, 0.29) is 12.1 Å². The minimum Gasteiger partial charge on any atom is -0.394 e. The first kappa shape index (κ1) is 13.7. The van der Waals surface area contributed by atoms with E-state index < -0.39 is 0 Å². The minimum atomic E-state index is -0.143. The van der Waals surface area contributed by atoms with Gasteiger partial charge in [-0.1, -0.05) is 28.1 Å². The maximum absolute atomic E-state index is 9.25. The van der Waals surface area contributed by atoms with Gasteiger partial charge >= 0.3 is 0 Å². The van der Waals surface area contributed by atoms with Gasteiger partial charge in [-0.2, -0.15) is 0 Å². The van der Waals surface area contributed by atoms with E-state index in [0.29, 0.717) is 0 Å². The summed E-state index contributed by atoms with van der Waals surface area (Å²) >= 11 is 3.42. The van der Waals surface area contributed by atoms with Crippen LogP contribution in [0.25, 0.3) is 0 Å². The van der Waals surface area contributed by atoms with Gasteiger partial charge in [-0.25, -0.2) is 0 Å². The van der Waals surface area contributed by atoms with E-state index in [4.69, 9.17) is 0 Å². The molecule has 0 amide bonds. The fraction of sp³-hybridized carbons (Fsp3) is 0.538. The topological polar surface area (TPSA) is 23.5 Å². The van der Waals surface area contributed by atoms with Crippen molar-refractivity contribution in [2.75, 3.05) is 20.2 Å². The van der Waals surface area contributed by atoms with E-state index in [9.17, 15) is 5.11 Å². The van der Waals surface area contributed by atoms with Gasteiger partial charge in [-0.15, -0.1) is 0 Å². The monoisotopic (exact) mass is 285 g/mol. The highest BCUT2D eigenvalue weighted by Crippen LogP contribution is 2.14. The van der Waals surface area contributed by atoms with Gasteiger partial charge in [0.2, 0.25) is 0 Å². The second-order valence-electron chi connectivity index (χ2n) is 4.77. The van der Waals surface area contributed by atoms with Crippen LogP contribution < -0.4 is 0 Å². The van der Waals surface area contributed by atoms with Gasteiger partial charge in [0.1, 0.15) is 0 Å². The van der Waals surface area contributed by atoms with Gasteiger partial charge in [-0.3, -0.25) is 4.90 Å². The second kappa shape index (κ2) is 5.80. The fourth-order valence-electron chi connectivity index (χ4n) is 1.37. The Labute approximate surface area is 106 Å². The van der Waals surface area contributed by atoms with Crippen molar-refractivity contribution in [3.05, 3.63) is 34.3 Å². The summed E-state index contributed by atoms with van der Waals surface area (Å²) in [6.45, 7) is 5.24. The predicted octanol–water partition coefficient (Wildman–Crippen LogP) is 2.69. The molecule has 0 saturated heterocycles. The smallest absolute Gasteiger partial charge is 0.0609 e. The Morgan fingerprint density at radius 2 is 1.81 bits per heavy atom. The number of aliphatic hydroxyl groups excluding tert-OH is 1. The number of halogens is 1. The first-order valence-corrected chi connectivity index (χ1v) is 6.31. The van der Waals surface area contributed by atoms with Crippen molar-refractivity contribution in [2.45, 2.75) is 25.8 Å². The molecule has 2 nitrogen and oxygen atoms in total. The van der Waals surface area contributed by atoms with Crippen LogP contribution in [0.2, 0.25) is 0 Å². The highest BCUT2D eigenvalue weighted by Gasteiger charge is 2.21. The van der Waals surface area contributed by atoms with Crippen molar-refractivity contribution in [1.29, 1.82) is 0 Å². The number of benzene rings is 1. The Kier molecular flexibility index (Phi) is 4.96. The maximum atomic E-state index is 9.25. The molecule has 0 atom stereocenters. The molecular weight excluding hydrogens is 266 g/mol. The Bertz CT molecular complexity index is 321. The van der Waals surface area contributed by atoms with Crippen LogP contribution in [-0.2, 0) is 6.42 Å². The largest absolute Gasteiger partial charge is 0.394 e. The van der Waals surface area contributed by atoms with Crippen molar-refractivity contribution in [3.8, 4) is 0 Å². The molecule has 1 aromatic rings. The Morgan fingerprint density at radius 1 is 1.25 bits per heavy atom. The molecule has 0 aliphatic rings. The zero-order valence-electron chi connectivity index (χ0n) is 10.2. The van der Waals surface area contributed by atoms with Gasteiger partial charge in [-0.05, 0) is 45.0 Å². The highest BCUT2D eigenvalue weighted by atomic mass is 79.9. The van der Waals surface area contributed by atoms with Crippen molar-refractivity contribution >= 4 is 15.9 Å². The third-order valence-corrected chi connectivity index (χ3v) is 3.60. The summed E-state index contributed by atoms with van der Waals surface area (Å²) in [5, 5.41) is 9.25. The van der Waals surface area contributed by atoms with Gasteiger partial charge in [0.25, 0.3) is 0 Å². The number of aliphatic hydroxyl groups is 1. The van der Waals surface area contributed by atoms with Crippen LogP contribution >= 0.6 is 15.9 Å². The average molecular weight is 286 g/mol. The van der Waals surface area contributed by atoms with E-state index in [1.807, 2.05) is 0 Å². The number of nitrogens with zero attached hydrogens (tertiary/aromatic N) is 1. The van der Waals surface area contributed by atoms with Crippen LogP contribution in [0, 0.1) is 0 Å². The molecule has 0 fully saturated rings. The molecule has 0 bridgehead atoms. The third kappa shape index (κ3) is 3.89. The minimum absolute atomic E-state index is 0.143. The second-order valence-corrected chi connectivity index (χ2v) is 5.68. The molecular formula is C13H20BrNO. The summed E-state index contributed by atoms with van der Waals surface area (Å²) in [7, 11) is 2.05. The molecule has 16 heavy (non-hydrogen) atoms. The highest BCUT2D eigenvalue weighted by molar-refractivity contribution is 9.10. The summed E-state index contributed by atoms with van der Waals surface area (Å²) in [6, 6.07) is 8.38. The first-order chi connectivity index (χ1) is 7.45. The molecule has 0 saturated carbocycles. The lowest BCUT2D eigenvalue weighted by Crippen LogP contribution is -2.45. The number of rotatable bonds is 5. The summed E-state index contributed by atoms with van der Waals surface area (Å²) < 4.78 is 1.11. The van der Waals surface area contributed by atoms with Crippen LogP contribution in [0.5, 0.6) is 0 Å². The summed E-state index contributed by atoms with van der Waals surface area (Å²) in [6.07, 6.45) is 1.01. The van der Waals surface area contributed by atoms with Crippen molar-refractivity contribution in [2.24, 2.45) is 0 Å². The predicted molar refractivity (Wildman–Crippen MR) is 71.6 cm³/mol. The van der Waals surface area contributed by atoms with Crippen LogP contribution in [-0.4, -0.2) is 35.7 Å². The lowest BCUT2D eigenvalue weighted by Gasteiger charge is -2.33. The molecule has 1 N–H and O–H groups in total. The van der Waals surface area contributed by atoms with E-state index in [1.165, 1.54) is 5.56 Å². The zero-order chi connectivity index (χ0) is 12.2. The molecule has 0 aliphatic heterocycles. The molecule has 3 heteroatoms. The van der Waals surface area contributed by atoms with Crippen molar-refractivity contribution in [1.82, 2.24) is 4.90 Å². The van der Waals surface area contributed by atoms with Gasteiger partial charge < -0.3 is 5.11 Å². The Morgan fingerprint density at radius 3 is 2.31 bits per heavy atom. The van der Waals surface area contributed by atoms with Gasteiger partial charge in [0, 0.05) is 16.6 Å². The number of hydrogen-bond donors (Lipinski definition) is 1. The molecule has 0 aliphatic carbocycles. The average Bonchev–Trinajstić information content (AvgIpc) is 2.28. The fourth-order valence-corrected chi connectivity index (χ4v) is 1.64. The van der Waals surface area contributed by atoms with Crippen LogP contribution in [0.3, 0.4) is 0 Å². The lowest BCUT2D eigenvalue weighted by molar-refractivity contribution is 0.0801. The zero-order valence-corrected chi connectivity index (χ0v) is 11.8. The van der Waals surface area contributed by atoms with Crippen LogP contribution in [0.4, 0.5) is 0 Å². The quantitative estimate of drug-likeness (QED) is 0.899. The van der Waals surface area contributed by atoms with E-state index in [0.717, 1.165) is 17.4 Å². The molecule has 0 aromatic heterocycles. The summed E-state index contributed by atoms with van der Waals surface area (Å²) in [4.78, 5) is 2.19. The summed E-state index contributed by atoms with van der Waals surface area (Å²) in [5.74, 6) is 0. The Hall–Kier alpha value is -0.380. The van der Waals surface area contributed by atoms with Crippen molar-refractivity contribution in [3.63, 3.8) is 0 Å². The molecule has 0 heterocycles. The van der Waals surface area contributed by atoms with E-state index in [2.05, 4.69) is 66.0 Å². The molecule has 0 radical (unpaired) electrons. The van der Waals surface area contributed by atoms with Crippen LogP contribution in [0.15, 0.2) is 28.7 Å². The Balaban J connectivity index is 2.49. The van der Waals surface area contributed by atoms with E-state index >= 15 is 0 Å². The molecule has 1 aromatic carbocycles. The number of likely N-dealkylation sites (N-methyl/N-ethyl adjacent to an activating group) is 1.